The van der Waals surface area contributed by atoms with Crippen molar-refractivity contribution >= 4 is 17.0 Å². The predicted octanol–water partition coefficient (Wildman–Crippen LogP) is 2.41. The molecule has 1 saturated heterocycles. The van der Waals surface area contributed by atoms with Crippen LogP contribution in [0.3, 0.4) is 0 Å². The van der Waals surface area contributed by atoms with Crippen molar-refractivity contribution in [3.05, 3.63) is 23.8 Å². The Balaban J connectivity index is 1.81. The summed E-state index contributed by atoms with van der Waals surface area (Å²) >= 11 is 0. The van der Waals surface area contributed by atoms with Gasteiger partial charge in [0.15, 0.2) is 0 Å². The third kappa shape index (κ3) is 2.45. The zero-order valence-corrected chi connectivity index (χ0v) is 11.6. The van der Waals surface area contributed by atoms with Gasteiger partial charge in [0.25, 0.3) is 0 Å². The fourth-order valence-corrected chi connectivity index (χ4v) is 3.03. The molecule has 1 fully saturated rings. The summed E-state index contributed by atoms with van der Waals surface area (Å²) in [6.45, 7) is 6.59. The van der Waals surface area contributed by atoms with Gasteiger partial charge in [0.05, 0.1) is 11.0 Å². The quantitative estimate of drug-likeness (QED) is 0.919. The Hall–Kier alpha value is -1.55. The Bertz CT molecular complexity index is 567. The Morgan fingerprint density at radius 2 is 1.95 bits per heavy atom. The van der Waals surface area contributed by atoms with Gasteiger partial charge in [0, 0.05) is 13.1 Å². The summed E-state index contributed by atoms with van der Waals surface area (Å²) in [5, 5.41) is 0. The summed E-state index contributed by atoms with van der Waals surface area (Å²) in [6.07, 6.45) is 4.05. The molecule has 0 radical (unpaired) electrons. The van der Waals surface area contributed by atoms with E-state index in [0.29, 0.717) is 5.95 Å². The van der Waals surface area contributed by atoms with Crippen LogP contribution in [0.1, 0.15) is 24.8 Å². The predicted molar refractivity (Wildman–Crippen MR) is 79.2 cm³/mol. The number of piperidine rings is 1. The second-order valence-corrected chi connectivity index (χ2v) is 5.47. The third-order valence-corrected chi connectivity index (χ3v) is 4.09. The van der Waals surface area contributed by atoms with E-state index >= 15 is 0 Å². The van der Waals surface area contributed by atoms with Gasteiger partial charge in [-0.2, -0.15) is 0 Å². The lowest BCUT2D eigenvalue weighted by atomic mass is 10.1. The molecule has 0 bridgehead atoms. The number of nitrogen functional groups attached to an aromatic ring is 1. The summed E-state index contributed by atoms with van der Waals surface area (Å²) in [5.41, 5.74) is 9.52. The van der Waals surface area contributed by atoms with Gasteiger partial charge in [-0.1, -0.05) is 18.6 Å². The molecular formula is C15H22N4. The van der Waals surface area contributed by atoms with E-state index in [1.165, 1.54) is 43.4 Å². The van der Waals surface area contributed by atoms with Gasteiger partial charge in [-0.05, 0) is 44.5 Å². The molecule has 1 aliphatic rings. The van der Waals surface area contributed by atoms with E-state index in [0.717, 1.165) is 18.6 Å². The van der Waals surface area contributed by atoms with Crippen LogP contribution in [-0.4, -0.2) is 34.1 Å². The van der Waals surface area contributed by atoms with E-state index in [-0.39, 0.29) is 0 Å². The van der Waals surface area contributed by atoms with E-state index in [4.69, 9.17) is 5.73 Å². The van der Waals surface area contributed by atoms with Gasteiger partial charge in [-0.3, -0.25) is 0 Å². The van der Waals surface area contributed by atoms with Crippen LogP contribution in [0, 0.1) is 6.92 Å². The van der Waals surface area contributed by atoms with Gasteiger partial charge in [0.2, 0.25) is 5.95 Å². The first-order valence-electron chi connectivity index (χ1n) is 7.19. The second kappa shape index (κ2) is 5.21. The van der Waals surface area contributed by atoms with Crippen LogP contribution in [0.25, 0.3) is 11.0 Å². The maximum Gasteiger partial charge on any atom is 0.201 e. The Labute approximate surface area is 114 Å². The topological polar surface area (TPSA) is 47.1 Å². The maximum absolute atomic E-state index is 6.07. The molecule has 0 atom stereocenters. The monoisotopic (exact) mass is 258 g/mol. The van der Waals surface area contributed by atoms with Crippen LogP contribution in [-0.2, 0) is 6.54 Å². The molecule has 1 aromatic heterocycles. The summed E-state index contributed by atoms with van der Waals surface area (Å²) in [4.78, 5) is 6.99. The smallest absolute Gasteiger partial charge is 0.201 e. The van der Waals surface area contributed by atoms with Crippen molar-refractivity contribution in [1.29, 1.82) is 0 Å². The summed E-state index contributed by atoms with van der Waals surface area (Å²) in [7, 11) is 0. The molecule has 1 aliphatic heterocycles. The lowest BCUT2D eigenvalue weighted by Gasteiger charge is -2.26. The number of imidazole rings is 1. The molecule has 2 N–H and O–H groups in total. The molecule has 2 heterocycles. The molecule has 0 unspecified atom stereocenters. The van der Waals surface area contributed by atoms with Crippen LogP contribution in [0.15, 0.2) is 18.2 Å². The van der Waals surface area contributed by atoms with E-state index < -0.39 is 0 Å². The standard InChI is InChI=1S/C15H22N4/c1-12-6-5-7-13-14(12)19(15(16)17-13)11-10-18-8-3-2-4-9-18/h5-7H,2-4,8-11H2,1H3,(H2,16,17). The molecule has 4 nitrogen and oxygen atoms in total. The Morgan fingerprint density at radius 3 is 2.74 bits per heavy atom. The Kier molecular flexibility index (Phi) is 3.42. The van der Waals surface area contributed by atoms with E-state index in [1.54, 1.807) is 0 Å². The number of nitrogens with two attached hydrogens (primary N) is 1. The van der Waals surface area contributed by atoms with Crippen molar-refractivity contribution in [2.75, 3.05) is 25.4 Å². The van der Waals surface area contributed by atoms with Crippen molar-refractivity contribution in [3.63, 3.8) is 0 Å². The average molecular weight is 258 g/mol. The van der Waals surface area contributed by atoms with E-state index in [1.807, 2.05) is 12.1 Å². The highest BCUT2D eigenvalue weighted by molar-refractivity contribution is 5.81. The van der Waals surface area contributed by atoms with Crippen LogP contribution in [0.2, 0.25) is 0 Å². The molecule has 3 rings (SSSR count). The van der Waals surface area contributed by atoms with Crippen LogP contribution in [0.4, 0.5) is 5.95 Å². The number of benzene rings is 1. The second-order valence-electron chi connectivity index (χ2n) is 5.47. The third-order valence-electron chi connectivity index (χ3n) is 4.09. The van der Waals surface area contributed by atoms with E-state index in [2.05, 4.69) is 27.4 Å². The van der Waals surface area contributed by atoms with Crippen molar-refractivity contribution in [3.8, 4) is 0 Å². The number of rotatable bonds is 3. The van der Waals surface area contributed by atoms with Crippen molar-refractivity contribution in [2.45, 2.75) is 32.7 Å². The first-order chi connectivity index (χ1) is 9.25. The van der Waals surface area contributed by atoms with Crippen molar-refractivity contribution in [2.24, 2.45) is 0 Å². The highest BCUT2D eigenvalue weighted by Crippen LogP contribution is 2.21. The molecular weight excluding hydrogens is 236 g/mol. The SMILES string of the molecule is Cc1cccc2nc(N)n(CCN3CCCCC3)c12. The first-order valence-corrected chi connectivity index (χ1v) is 7.19. The fraction of sp³-hybridized carbons (Fsp3) is 0.533. The van der Waals surface area contributed by atoms with Crippen LogP contribution in [0.5, 0.6) is 0 Å². The van der Waals surface area contributed by atoms with Gasteiger partial charge >= 0.3 is 0 Å². The number of nitrogens with zero attached hydrogens (tertiary/aromatic N) is 3. The minimum absolute atomic E-state index is 0.640. The number of anilines is 1. The molecule has 2 aromatic rings. The number of fused-ring (bicyclic) bond motifs is 1. The normalized spacial score (nSPS) is 17.1. The van der Waals surface area contributed by atoms with E-state index in [9.17, 15) is 0 Å². The summed E-state index contributed by atoms with van der Waals surface area (Å²) < 4.78 is 2.17. The van der Waals surface area contributed by atoms with Crippen LogP contribution >= 0.6 is 0 Å². The van der Waals surface area contributed by atoms with Crippen molar-refractivity contribution in [1.82, 2.24) is 14.5 Å². The number of aromatic nitrogens is 2. The fourth-order valence-electron chi connectivity index (χ4n) is 3.03. The number of para-hydroxylation sites is 1. The molecule has 1 aromatic carbocycles. The minimum Gasteiger partial charge on any atom is -0.369 e. The van der Waals surface area contributed by atoms with Gasteiger partial charge in [0.1, 0.15) is 0 Å². The molecule has 0 saturated carbocycles. The van der Waals surface area contributed by atoms with Gasteiger partial charge < -0.3 is 15.2 Å². The Morgan fingerprint density at radius 1 is 1.16 bits per heavy atom. The maximum atomic E-state index is 6.07. The molecule has 19 heavy (non-hydrogen) atoms. The molecule has 4 heteroatoms. The molecule has 0 amide bonds. The number of hydrogen-bond donors (Lipinski definition) is 1. The average Bonchev–Trinajstić information content (AvgIpc) is 2.75. The first kappa shape index (κ1) is 12.5. The summed E-state index contributed by atoms with van der Waals surface area (Å²) in [6, 6.07) is 6.20. The lowest BCUT2D eigenvalue weighted by Crippen LogP contribution is -2.32. The zero-order chi connectivity index (χ0) is 13.2. The molecule has 102 valence electrons. The number of aryl methyl sites for hydroxylation is 1. The molecule has 0 spiro atoms. The highest BCUT2D eigenvalue weighted by atomic mass is 15.2. The number of likely N-dealkylation sites (tertiary alicyclic amines) is 1. The van der Waals surface area contributed by atoms with Crippen LogP contribution < -0.4 is 5.73 Å². The van der Waals surface area contributed by atoms with Gasteiger partial charge in [-0.25, -0.2) is 4.98 Å². The van der Waals surface area contributed by atoms with Crippen molar-refractivity contribution < 1.29 is 0 Å². The molecule has 0 aliphatic carbocycles. The minimum atomic E-state index is 0.640. The largest absolute Gasteiger partial charge is 0.369 e. The number of hydrogen-bond acceptors (Lipinski definition) is 3. The van der Waals surface area contributed by atoms with Gasteiger partial charge in [-0.15, -0.1) is 0 Å². The zero-order valence-electron chi connectivity index (χ0n) is 11.6. The summed E-state index contributed by atoms with van der Waals surface area (Å²) in [5.74, 6) is 0.640. The highest BCUT2D eigenvalue weighted by Gasteiger charge is 2.13. The lowest BCUT2D eigenvalue weighted by molar-refractivity contribution is 0.222.